The normalized spacial score (nSPS) is 11.5. The molecule has 19 heavy (non-hydrogen) atoms. The molecule has 0 spiro atoms. The summed E-state index contributed by atoms with van der Waals surface area (Å²) in [5.41, 5.74) is 7.67. The van der Waals surface area contributed by atoms with Crippen LogP contribution in [-0.2, 0) is 10.0 Å². The molecular weight excluding hydrogens is 268 g/mol. The number of sulfonamides is 1. The van der Waals surface area contributed by atoms with E-state index in [-0.39, 0.29) is 16.6 Å². The zero-order valence-corrected chi connectivity index (χ0v) is 11.6. The highest BCUT2D eigenvalue weighted by atomic mass is 32.2. The van der Waals surface area contributed by atoms with E-state index < -0.39 is 10.0 Å². The molecule has 2 rings (SSSR count). The maximum absolute atomic E-state index is 12.2. The van der Waals surface area contributed by atoms with Crippen molar-refractivity contribution in [2.75, 3.05) is 10.5 Å². The zero-order chi connectivity index (χ0) is 14.2. The lowest BCUT2D eigenvalue weighted by atomic mass is 10.1. The molecule has 0 bridgehead atoms. The summed E-state index contributed by atoms with van der Waals surface area (Å²) in [6.45, 7) is 5.26. The molecule has 0 saturated heterocycles. The van der Waals surface area contributed by atoms with E-state index in [1.165, 1.54) is 6.07 Å². The van der Waals surface area contributed by atoms with Gasteiger partial charge in [-0.25, -0.2) is 13.1 Å². The number of hydrogen-bond acceptors (Lipinski definition) is 6. The summed E-state index contributed by atoms with van der Waals surface area (Å²) in [6.07, 6.45) is 0. The monoisotopic (exact) mass is 282 g/mol. The Kier molecular flexibility index (Phi) is 3.19. The molecule has 102 valence electrons. The van der Waals surface area contributed by atoms with E-state index in [0.29, 0.717) is 5.82 Å². The Morgan fingerprint density at radius 2 is 1.84 bits per heavy atom. The standard InChI is InChI=1S/C11H14N4O3S/c1-6-4-9(12)10(5-7(6)2)19(16,17)15-11-13-8(3)14-18-11/h4-5H,12H2,1-3H3,(H,13,14,15). The molecule has 3 N–H and O–H groups in total. The van der Waals surface area contributed by atoms with Gasteiger partial charge in [-0.05, 0) is 44.0 Å². The van der Waals surface area contributed by atoms with Gasteiger partial charge < -0.3 is 10.3 Å². The van der Waals surface area contributed by atoms with Gasteiger partial charge >= 0.3 is 6.01 Å². The minimum Gasteiger partial charge on any atom is -0.398 e. The van der Waals surface area contributed by atoms with E-state index in [1.54, 1.807) is 13.0 Å². The number of nitrogens with zero attached hydrogens (tertiary/aromatic N) is 2. The highest BCUT2D eigenvalue weighted by Crippen LogP contribution is 2.24. The van der Waals surface area contributed by atoms with Gasteiger partial charge in [-0.1, -0.05) is 5.16 Å². The second-order valence-electron chi connectivity index (χ2n) is 4.23. The van der Waals surface area contributed by atoms with Crippen LogP contribution in [0.3, 0.4) is 0 Å². The van der Waals surface area contributed by atoms with Gasteiger partial charge in [0, 0.05) is 0 Å². The molecule has 0 amide bonds. The average molecular weight is 282 g/mol. The number of nitrogens with one attached hydrogen (secondary N) is 1. The number of nitrogen functional groups attached to an aromatic ring is 1. The summed E-state index contributed by atoms with van der Waals surface area (Å²) >= 11 is 0. The molecule has 8 heteroatoms. The van der Waals surface area contributed by atoms with Gasteiger partial charge in [-0.3, -0.25) is 0 Å². The Hall–Kier alpha value is -2.09. The van der Waals surface area contributed by atoms with Gasteiger partial charge in [0.25, 0.3) is 10.0 Å². The lowest BCUT2D eigenvalue weighted by Gasteiger charge is -2.10. The van der Waals surface area contributed by atoms with Crippen molar-refractivity contribution < 1.29 is 12.9 Å². The number of hydrogen-bond donors (Lipinski definition) is 2. The molecule has 0 radical (unpaired) electrons. The van der Waals surface area contributed by atoms with Gasteiger partial charge in [0.1, 0.15) is 4.90 Å². The number of aromatic nitrogens is 2. The lowest BCUT2D eigenvalue weighted by Crippen LogP contribution is -2.15. The van der Waals surface area contributed by atoms with Crippen molar-refractivity contribution in [3.63, 3.8) is 0 Å². The van der Waals surface area contributed by atoms with Crippen molar-refractivity contribution in [1.82, 2.24) is 10.1 Å². The molecule has 0 unspecified atom stereocenters. The Labute approximate surface area is 110 Å². The quantitative estimate of drug-likeness (QED) is 0.823. The van der Waals surface area contributed by atoms with Crippen LogP contribution in [0.5, 0.6) is 0 Å². The van der Waals surface area contributed by atoms with Crippen molar-refractivity contribution in [3.05, 3.63) is 29.1 Å². The van der Waals surface area contributed by atoms with Crippen molar-refractivity contribution >= 4 is 21.7 Å². The van der Waals surface area contributed by atoms with Gasteiger partial charge in [0.05, 0.1) is 5.69 Å². The molecule has 0 saturated carbocycles. The van der Waals surface area contributed by atoms with Gasteiger partial charge in [0.2, 0.25) is 0 Å². The summed E-state index contributed by atoms with van der Waals surface area (Å²) < 4.78 is 31.3. The zero-order valence-electron chi connectivity index (χ0n) is 10.8. The Balaban J connectivity index is 2.42. The summed E-state index contributed by atoms with van der Waals surface area (Å²) in [5.74, 6) is 0.339. The second-order valence-corrected chi connectivity index (χ2v) is 5.88. The maximum Gasteiger partial charge on any atom is 0.335 e. The third-order valence-electron chi connectivity index (χ3n) is 2.66. The van der Waals surface area contributed by atoms with E-state index in [4.69, 9.17) is 10.3 Å². The van der Waals surface area contributed by atoms with Crippen LogP contribution in [0, 0.1) is 20.8 Å². The van der Waals surface area contributed by atoms with Gasteiger partial charge in [0.15, 0.2) is 5.82 Å². The molecule has 1 aromatic heterocycles. The molecule has 0 fully saturated rings. The summed E-state index contributed by atoms with van der Waals surface area (Å²) in [5, 5.41) is 3.50. The van der Waals surface area contributed by atoms with Crippen LogP contribution in [0.25, 0.3) is 0 Å². The first-order chi connectivity index (χ1) is 8.79. The largest absolute Gasteiger partial charge is 0.398 e. The smallest absolute Gasteiger partial charge is 0.335 e. The van der Waals surface area contributed by atoms with Gasteiger partial charge in [-0.2, -0.15) is 4.98 Å². The molecule has 0 atom stereocenters. The minimum atomic E-state index is -3.84. The van der Waals surface area contributed by atoms with Crippen molar-refractivity contribution in [2.24, 2.45) is 0 Å². The molecule has 7 nitrogen and oxygen atoms in total. The molecule has 0 aliphatic carbocycles. The van der Waals surface area contributed by atoms with Crippen LogP contribution in [0.2, 0.25) is 0 Å². The third kappa shape index (κ3) is 2.68. The summed E-state index contributed by atoms with van der Waals surface area (Å²) in [6, 6.07) is 2.94. The fraction of sp³-hybridized carbons (Fsp3) is 0.273. The Morgan fingerprint density at radius 3 is 2.42 bits per heavy atom. The Bertz CT molecular complexity index is 722. The first-order valence-corrected chi connectivity index (χ1v) is 6.98. The summed E-state index contributed by atoms with van der Waals surface area (Å²) in [4.78, 5) is 3.77. The molecule has 1 aromatic carbocycles. The van der Waals surface area contributed by atoms with Crippen LogP contribution in [0.1, 0.15) is 17.0 Å². The second kappa shape index (κ2) is 4.54. The number of nitrogens with two attached hydrogens (primary N) is 1. The fourth-order valence-electron chi connectivity index (χ4n) is 1.55. The van der Waals surface area contributed by atoms with Crippen LogP contribution >= 0.6 is 0 Å². The van der Waals surface area contributed by atoms with Crippen molar-refractivity contribution in [3.8, 4) is 0 Å². The molecule has 0 aliphatic rings. The average Bonchev–Trinajstić information content (AvgIpc) is 2.68. The minimum absolute atomic E-state index is 0.00791. The topological polar surface area (TPSA) is 111 Å². The first-order valence-electron chi connectivity index (χ1n) is 5.49. The fourth-order valence-corrected chi connectivity index (χ4v) is 2.68. The molecule has 1 heterocycles. The predicted molar refractivity (Wildman–Crippen MR) is 70.2 cm³/mol. The summed E-state index contributed by atoms with van der Waals surface area (Å²) in [7, 11) is -3.84. The van der Waals surface area contributed by atoms with E-state index in [9.17, 15) is 8.42 Å². The molecular formula is C11H14N4O3S. The predicted octanol–water partition coefficient (Wildman–Crippen LogP) is 1.38. The SMILES string of the molecule is Cc1noc(NS(=O)(=O)c2cc(C)c(C)cc2N)n1. The number of aryl methyl sites for hydroxylation is 3. The lowest BCUT2D eigenvalue weighted by molar-refractivity contribution is 0.429. The third-order valence-corrected chi connectivity index (χ3v) is 4.04. The van der Waals surface area contributed by atoms with E-state index in [1.807, 2.05) is 13.8 Å². The van der Waals surface area contributed by atoms with E-state index in [2.05, 4.69) is 14.9 Å². The van der Waals surface area contributed by atoms with Crippen LogP contribution in [-0.4, -0.2) is 18.6 Å². The number of anilines is 2. The maximum atomic E-state index is 12.2. The number of rotatable bonds is 3. The van der Waals surface area contributed by atoms with Gasteiger partial charge in [-0.15, -0.1) is 0 Å². The first kappa shape index (κ1) is 13.3. The molecule has 2 aromatic rings. The van der Waals surface area contributed by atoms with E-state index in [0.717, 1.165) is 11.1 Å². The number of benzene rings is 1. The van der Waals surface area contributed by atoms with E-state index >= 15 is 0 Å². The Morgan fingerprint density at radius 1 is 1.21 bits per heavy atom. The highest BCUT2D eigenvalue weighted by molar-refractivity contribution is 7.92. The molecule has 0 aliphatic heterocycles. The van der Waals surface area contributed by atoms with Crippen molar-refractivity contribution in [2.45, 2.75) is 25.7 Å². The van der Waals surface area contributed by atoms with Crippen LogP contribution < -0.4 is 10.5 Å². The highest BCUT2D eigenvalue weighted by Gasteiger charge is 2.21. The van der Waals surface area contributed by atoms with Crippen LogP contribution in [0.4, 0.5) is 11.7 Å². The van der Waals surface area contributed by atoms with Crippen LogP contribution in [0.15, 0.2) is 21.6 Å². The van der Waals surface area contributed by atoms with Crippen molar-refractivity contribution in [1.29, 1.82) is 0 Å².